The Bertz CT molecular complexity index is 701. The number of rotatable bonds is 0. The van der Waals surface area contributed by atoms with Gasteiger partial charge in [-0.1, -0.05) is 18.2 Å². The molecule has 3 aromatic heterocycles. The van der Waals surface area contributed by atoms with Gasteiger partial charge in [0.25, 0.3) is 0 Å². The monoisotopic (exact) mass is 248 g/mol. The Hall–Kier alpha value is -2.68. The lowest BCUT2D eigenvalue weighted by Crippen LogP contribution is -1.70. The van der Waals surface area contributed by atoms with Crippen LogP contribution < -0.4 is 0 Å². The minimum atomic E-state index is 0.851. The van der Waals surface area contributed by atoms with Crippen molar-refractivity contribution in [3.05, 3.63) is 73.2 Å². The van der Waals surface area contributed by atoms with Crippen molar-refractivity contribution in [2.24, 2.45) is 0 Å². The molecule has 0 saturated heterocycles. The van der Waals surface area contributed by atoms with E-state index in [2.05, 4.69) is 9.97 Å². The molecule has 1 aromatic carbocycles. The van der Waals surface area contributed by atoms with Crippen LogP contribution in [-0.2, 0) is 0 Å². The normalized spacial score (nSPS) is 10.1. The van der Waals surface area contributed by atoms with E-state index in [1.165, 1.54) is 0 Å². The molecule has 3 heterocycles. The van der Waals surface area contributed by atoms with E-state index in [4.69, 9.17) is 4.42 Å². The van der Waals surface area contributed by atoms with Gasteiger partial charge in [-0.15, -0.1) is 0 Å². The maximum absolute atomic E-state index is 5.59. The number of nitrogens with zero attached hydrogens (tertiary/aromatic N) is 2. The van der Waals surface area contributed by atoms with Crippen molar-refractivity contribution in [1.82, 2.24) is 9.97 Å². The summed E-state index contributed by atoms with van der Waals surface area (Å²) in [5, 5.41) is 1.08. The average Bonchev–Trinajstić information content (AvgIpc) is 2.88. The van der Waals surface area contributed by atoms with Crippen LogP contribution in [0.3, 0.4) is 0 Å². The van der Waals surface area contributed by atoms with Gasteiger partial charge in [0.05, 0.1) is 0 Å². The second kappa shape index (κ2) is 5.31. The van der Waals surface area contributed by atoms with Crippen LogP contribution in [0.25, 0.3) is 22.1 Å². The second-order valence-electron chi connectivity index (χ2n) is 3.97. The van der Waals surface area contributed by atoms with E-state index in [-0.39, 0.29) is 0 Å². The number of benzene rings is 1. The summed E-state index contributed by atoms with van der Waals surface area (Å²) in [6.45, 7) is 0. The van der Waals surface area contributed by atoms with Gasteiger partial charge in [-0.05, 0) is 36.4 Å². The summed E-state index contributed by atoms with van der Waals surface area (Å²) < 4.78 is 5.59. The third-order valence-corrected chi connectivity index (χ3v) is 2.70. The lowest BCUT2D eigenvalue weighted by molar-refractivity contribution is 0.668. The molecule has 4 rings (SSSR count). The number of hydrogen-bond donors (Lipinski definition) is 0. The highest BCUT2D eigenvalue weighted by Crippen LogP contribution is 2.25. The van der Waals surface area contributed by atoms with Gasteiger partial charge in [0.15, 0.2) is 5.58 Å². The van der Waals surface area contributed by atoms with Crippen molar-refractivity contribution in [3.8, 4) is 0 Å². The van der Waals surface area contributed by atoms with Gasteiger partial charge in [-0.2, -0.15) is 0 Å². The van der Waals surface area contributed by atoms with Crippen LogP contribution in [0.5, 0.6) is 0 Å². The first kappa shape index (κ1) is 11.4. The first-order valence-electron chi connectivity index (χ1n) is 6.02. The molecule has 0 unspecified atom stereocenters. The second-order valence-corrected chi connectivity index (χ2v) is 3.97. The standard InChI is InChI=1S/C11H7NO.C5H5N/c1-2-5-9-8(4-1)11-10(13-9)6-3-7-12-11;1-2-4-6-5-3-1/h1-7H;1-5H. The Labute approximate surface area is 110 Å². The number of fused-ring (bicyclic) bond motifs is 3. The summed E-state index contributed by atoms with van der Waals surface area (Å²) in [6, 6.07) is 17.5. The summed E-state index contributed by atoms with van der Waals surface area (Å²) in [4.78, 5) is 8.06. The lowest BCUT2D eigenvalue weighted by atomic mass is 10.2. The van der Waals surface area contributed by atoms with Crippen LogP contribution in [0.2, 0.25) is 0 Å². The number of para-hydroxylation sites is 1. The van der Waals surface area contributed by atoms with Crippen LogP contribution in [0.15, 0.2) is 77.6 Å². The smallest absolute Gasteiger partial charge is 0.153 e. The highest BCUT2D eigenvalue weighted by atomic mass is 16.3. The molecule has 92 valence electrons. The Morgan fingerprint density at radius 3 is 2.21 bits per heavy atom. The van der Waals surface area contributed by atoms with E-state index >= 15 is 0 Å². The van der Waals surface area contributed by atoms with Gasteiger partial charge in [0.1, 0.15) is 11.1 Å². The zero-order valence-electron chi connectivity index (χ0n) is 10.2. The van der Waals surface area contributed by atoms with Crippen molar-refractivity contribution < 1.29 is 4.42 Å². The number of pyridine rings is 2. The molecule has 0 fully saturated rings. The molecule has 0 aliphatic heterocycles. The SMILES string of the molecule is c1ccc2c(c1)oc1cccnc12.c1ccncc1. The van der Waals surface area contributed by atoms with Crippen molar-refractivity contribution >= 4 is 22.1 Å². The highest BCUT2D eigenvalue weighted by Gasteiger charge is 2.04. The molecule has 0 amide bonds. The van der Waals surface area contributed by atoms with E-state index in [0.29, 0.717) is 0 Å². The van der Waals surface area contributed by atoms with Crippen LogP contribution in [0.1, 0.15) is 0 Å². The zero-order chi connectivity index (χ0) is 12.9. The largest absolute Gasteiger partial charge is 0.454 e. The van der Waals surface area contributed by atoms with E-state index < -0.39 is 0 Å². The molecule has 19 heavy (non-hydrogen) atoms. The highest BCUT2D eigenvalue weighted by molar-refractivity contribution is 6.01. The number of aromatic nitrogens is 2. The summed E-state index contributed by atoms with van der Waals surface area (Å²) in [5.41, 5.74) is 2.69. The van der Waals surface area contributed by atoms with E-state index in [1.54, 1.807) is 18.6 Å². The van der Waals surface area contributed by atoms with Gasteiger partial charge in [0, 0.05) is 24.0 Å². The van der Waals surface area contributed by atoms with Crippen molar-refractivity contribution in [2.45, 2.75) is 0 Å². The molecule has 0 spiro atoms. The summed E-state index contributed by atoms with van der Waals surface area (Å²) in [7, 11) is 0. The fraction of sp³-hybridized carbons (Fsp3) is 0. The molecular formula is C16H12N2O. The van der Waals surface area contributed by atoms with Gasteiger partial charge in [0.2, 0.25) is 0 Å². The minimum absolute atomic E-state index is 0.851. The minimum Gasteiger partial charge on any atom is -0.454 e. The van der Waals surface area contributed by atoms with Gasteiger partial charge in [-0.3, -0.25) is 9.97 Å². The lowest BCUT2D eigenvalue weighted by Gasteiger charge is -1.84. The molecule has 3 nitrogen and oxygen atoms in total. The predicted octanol–water partition coefficient (Wildman–Crippen LogP) is 4.06. The molecular weight excluding hydrogens is 236 g/mol. The van der Waals surface area contributed by atoms with E-state index in [0.717, 1.165) is 22.1 Å². The first-order valence-corrected chi connectivity index (χ1v) is 6.02. The van der Waals surface area contributed by atoms with Gasteiger partial charge >= 0.3 is 0 Å². The van der Waals surface area contributed by atoms with Crippen LogP contribution >= 0.6 is 0 Å². The van der Waals surface area contributed by atoms with Crippen molar-refractivity contribution in [2.75, 3.05) is 0 Å². The van der Waals surface area contributed by atoms with Crippen molar-refractivity contribution in [3.63, 3.8) is 0 Å². The average molecular weight is 248 g/mol. The molecule has 4 aromatic rings. The molecule has 0 aliphatic carbocycles. The molecule has 0 saturated carbocycles. The van der Waals surface area contributed by atoms with Crippen LogP contribution in [0, 0.1) is 0 Å². The molecule has 0 bridgehead atoms. The Morgan fingerprint density at radius 1 is 0.684 bits per heavy atom. The summed E-state index contributed by atoms with van der Waals surface area (Å²) in [6.07, 6.45) is 5.28. The third kappa shape index (κ3) is 2.45. The van der Waals surface area contributed by atoms with E-state index in [1.807, 2.05) is 54.6 Å². The molecule has 0 aliphatic rings. The quantitative estimate of drug-likeness (QED) is 0.471. The topological polar surface area (TPSA) is 38.9 Å². The number of furan rings is 1. The fourth-order valence-electron chi connectivity index (χ4n) is 1.86. The Morgan fingerprint density at radius 2 is 1.47 bits per heavy atom. The Kier molecular flexibility index (Phi) is 3.19. The summed E-state index contributed by atoms with van der Waals surface area (Å²) in [5.74, 6) is 0. The molecule has 0 atom stereocenters. The molecule has 0 N–H and O–H groups in total. The maximum Gasteiger partial charge on any atom is 0.153 e. The van der Waals surface area contributed by atoms with Crippen LogP contribution in [0.4, 0.5) is 0 Å². The molecule has 0 radical (unpaired) electrons. The van der Waals surface area contributed by atoms with Gasteiger partial charge < -0.3 is 4.42 Å². The first-order chi connectivity index (χ1) is 9.45. The number of hydrogen-bond acceptors (Lipinski definition) is 3. The fourth-order valence-corrected chi connectivity index (χ4v) is 1.86. The van der Waals surface area contributed by atoms with E-state index in [9.17, 15) is 0 Å². The summed E-state index contributed by atoms with van der Waals surface area (Å²) >= 11 is 0. The molecule has 3 heteroatoms. The maximum atomic E-state index is 5.59. The van der Waals surface area contributed by atoms with Gasteiger partial charge in [-0.25, -0.2) is 0 Å². The zero-order valence-corrected chi connectivity index (χ0v) is 10.2. The van der Waals surface area contributed by atoms with Crippen LogP contribution in [-0.4, -0.2) is 9.97 Å². The van der Waals surface area contributed by atoms with Crippen molar-refractivity contribution in [1.29, 1.82) is 0 Å². The Balaban J connectivity index is 0.000000155. The predicted molar refractivity (Wildman–Crippen MR) is 75.8 cm³/mol. The third-order valence-electron chi connectivity index (χ3n) is 2.70.